The molecule has 0 unspecified atom stereocenters. The van der Waals surface area contributed by atoms with Crippen molar-refractivity contribution >= 4 is 88.0 Å². The van der Waals surface area contributed by atoms with Crippen molar-refractivity contribution in [1.82, 2.24) is 27.9 Å². The van der Waals surface area contributed by atoms with Crippen LogP contribution in [0.4, 0.5) is 0 Å². The van der Waals surface area contributed by atoms with Gasteiger partial charge in [-0.1, -0.05) is 164 Å². The smallest absolute Gasteiger partial charge is 0.220 e. The van der Waals surface area contributed by atoms with Crippen molar-refractivity contribution in [3.8, 4) is 44.8 Å². The van der Waals surface area contributed by atoms with E-state index in [0.717, 1.165) is 83.8 Å². The van der Waals surface area contributed by atoms with Gasteiger partial charge in [-0.3, -0.25) is 17.9 Å². The molecule has 0 N–H and O–H groups in total. The largest absolute Gasteiger partial charge is 0.278 e. The second-order valence-electron chi connectivity index (χ2n) is 17.8. The van der Waals surface area contributed by atoms with Gasteiger partial charge in [0.1, 0.15) is 0 Å². The summed E-state index contributed by atoms with van der Waals surface area (Å²) >= 11 is 0. The molecule has 0 amide bonds. The van der Waals surface area contributed by atoms with Crippen molar-refractivity contribution in [2.75, 3.05) is 0 Å². The average molecular weight is 867 g/mol. The Morgan fingerprint density at radius 1 is 0.265 bits per heavy atom. The van der Waals surface area contributed by atoms with Crippen molar-refractivity contribution in [3.63, 3.8) is 0 Å². The van der Waals surface area contributed by atoms with E-state index < -0.39 is 0 Å². The molecule has 0 radical (unpaired) electrons. The highest BCUT2D eigenvalue weighted by Crippen LogP contribution is 2.42. The summed E-state index contributed by atoms with van der Waals surface area (Å²) in [5.74, 6) is 1.76. The molecule has 0 aliphatic heterocycles. The van der Waals surface area contributed by atoms with Crippen LogP contribution in [-0.4, -0.2) is 27.9 Å². The summed E-state index contributed by atoms with van der Waals surface area (Å²) in [7, 11) is 0. The number of fused-ring (bicyclic) bond motifs is 16. The van der Waals surface area contributed by atoms with E-state index in [1.807, 2.05) is 0 Å². The number of rotatable bonds is 5. The molecule has 0 spiro atoms. The van der Waals surface area contributed by atoms with Crippen LogP contribution in [0.2, 0.25) is 0 Å². The maximum atomic E-state index is 5.36. The summed E-state index contributed by atoms with van der Waals surface area (Å²) in [6.07, 6.45) is 0. The zero-order valence-corrected chi connectivity index (χ0v) is 36.6. The van der Waals surface area contributed by atoms with E-state index >= 15 is 0 Å². The molecule has 316 valence electrons. The molecule has 0 bridgehead atoms. The fourth-order valence-electron chi connectivity index (χ4n) is 11.1. The summed E-state index contributed by atoms with van der Waals surface area (Å²) < 4.78 is 9.34. The molecule has 15 aromatic rings. The SMILES string of the molecule is c1ccc(-c2ccc(-c3cccc(-n4c5ccc(-c6ccc7c(c6)n6c8ccccc8nc6n7-c6cccc7c8ccccc8c8ccccc8c67)cc5n5c6ccccc6nc45)c3)cc2)cc1. The number of para-hydroxylation sites is 4. The molecule has 0 aliphatic rings. The van der Waals surface area contributed by atoms with Crippen molar-refractivity contribution in [2.45, 2.75) is 0 Å². The molecule has 11 aromatic carbocycles. The van der Waals surface area contributed by atoms with Crippen molar-refractivity contribution in [3.05, 3.63) is 231 Å². The van der Waals surface area contributed by atoms with Crippen LogP contribution < -0.4 is 0 Å². The van der Waals surface area contributed by atoms with Crippen LogP contribution in [-0.2, 0) is 0 Å². The van der Waals surface area contributed by atoms with E-state index in [9.17, 15) is 0 Å². The number of hydrogen-bond acceptors (Lipinski definition) is 2. The van der Waals surface area contributed by atoms with E-state index in [1.165, 1.54) is 49.0 Å². The molecule has 4 aromatic heterocycles. The normalized spacial score (nSPS) is 12.1. The highest BCUT2D eigenvalue weighted by atomic mass is 15.2. The molecule has 0 fully saturated rings. The van der Waals surface area contributed by atoms with Gasteiger partial charge in [-0.25, -0.2) is 9.97 Å². The average Bonchev–Trinajstić information content (AvgIpc) is 4.15. The molecule has 0 aliphatic carbocycles. The minimum absolute atomic E-state index is 0.879. The number of hydrogen-bond donors (Lipinski definition) is 0. The fourth-order valence-corrected chi connectivity index (χ4v) is 11.1. The van der Waals surface area contributed by atoms with Crippen LogP contribution in [0.3, 0.4) is 0 Å². The Morgan fingerprint density at radius 2 is 0.691 bits per heavy atom. The van der Waals surface area contributed by atoms with Crippen LogP contribution in [0, 0.1) is 0 Å². The first kappa shape index (κ1) is 37.0. The van der Waals surface area contributed by atoms with Gasteiger partial charge in [0.15, 0.2) is 0 Å². The summed E-state index contributed by atoms with van der Waals surface area (Å²) in [6, 6.07) is 83.2. The molecular formula is C62H38N6. The minimum atomic E-state index is 0.879. The third kappa shape index (κ3) is 5.28. The molecule has 68 heavy (non-hydrogen) atoms. The summed E-state index contributed by atoms with van der Waals surface area (Å²) in [4.78, 5) is 10.6. The third-order valence-corrected chi connectivity index (χ3v) is 14.2. The van der Waals surface area contributed by atoms with Crippen LogP contribution in [0.1, 0.15) is 0 Å². The van der Waals surface area contributed by atoms with Gasteiger partial charge in [0.25, 0.3) is 0 Å². The van der Waals surface area contributed by atoms with Gasteiger partial charge in [-0.2, -0.15) is 0 Å². The molecule has 0 saturated heterocycles. The Balaban J connectivity index is 0.928. The van der Waals surface area contributed by atoms with E-state index in [0.29, 0.717) is 0 Å². The summed E-state index contributed by atoms with van der Waals surface area (Å²) in [6.45, 7) is 0. The highest BCUT2D eigenvalue weighted by molar-refractivity contribution is 6.27. The van der Waals surface area contributed by atoms with Gasteiger partial charge in [-0.05, 0) is 127 Å². The lowest BCUT2D eigenvalue weighted by molar-refractivity contribution is 1.11. The Morgan fingerprint density at radius 3 is 1.32 bits per heavy atom. The zero-order valence-electron chi connectivity index (χ0n) is 36.6. The maximum Gasteiger partial charge on any atom is 0.220 e. The quantitative estimate of drug-likeness (QED) is 0.162. The standard InChI is InChI=1S/C62H38N6/c1-2-14-39(15-3-1)40-28-30-41(31-29-40)42-16-12-17-45(36-42)65-55-34-32-43(37-58(55)66-53-25-10-8-23-51(53)63-61(65)66)44-33-35-56-59(38-44)67-54-26-11-9-24-52(54)64-62(67)68(56)57-27-13-22-50-48-19-5-4-18-46(48)47-20-6-7-21-49(47)60(50)57/h1-38H. The van der Waals surface area contributed by atoms with Gasteiger partial charge in [0, 0.05) is 11.1 Å². The lowest BCUT2D eigenvalue weighted by atomic mass is 9.93. The first-order valence-electron chi connectivity index (χ1n) is 23.2. The number of aromatic nitrogens is 6. The molecule has 0 saturated carbocycles. The third-order valence-electron chi connectivity index (χ3n) is 14.2. The summed E-state index contributed by atoms with van der Waals surface area (Å²) in [5, 5.41) is 7.43. The monoisotopic (exact) mass is 866 g/mol. The lowest BCUT2D eigenvalue weighted by Crippen LogP contribution is -1.97. The first-order valence-corrected chi connectivity index (χ1v) is 23.2. The van der Waals surface area contributed by atoms with E-state index in [4.69, 9.17) is 9.97 Å². The highest BCUT2D eigenvalue weighted by Gasteiger charge is 2.23. The minimum Gasteiger partial charge on any atom is -0.278 e. The number of nitrogens with zero attached hydrogens (tertiary/aromatic N) is 6. The second-order valence-corrected chi connectivity index (χ2v) is 17.8. The van der Waals surface area contributed by atoms with Gasteiger partial charge >= 0.3 is 0 Å². The molecule has 0 atom stereocenters. The summed E-state index contributed by atoms with van der Waals surface area (Å²) in [5.41, 5.74) is 17.6. The van der Waals surface area contributed by atoms with Crippen LogP contribution in [0.25, 0.3) is 133 Å². The van der Waals surface area contributed by atoms with Gasteiger partial charge < -0.3 is 0 Å². The topological polar surface area (TPSA) is 44.5 Å². The molecular weight excluding hydrogens is 829 g/mol. The van der Waals surface area contributed by atoms with Gasteiger partial charge in [0.05, 0.1) is 49.8 Å². The van der Waals surface area contributed by atoms with Crippen LogP contribution in [0.5, 0.6) is 0 Å². The predicted octanol–water partition coefficient (Wildman–Crippen LogP) is 15.6. The van der Waals surface area contributed by atoms with Crippen molar-refractivity contribution < 1.29 is 0 Å². The maximum absolute atomic E-state index is 5.36. The van der Waals surface area contributed by atoms with Crippen molar-refractivity contribution in [2.24, 2.45) is 0 Å². The first-order chi connectivity index (χ1) is 33.7. The second kappa shape index (κ2) is 14.1. The van der Waals surface area contributed by atoms with E-state index in [2.05, 4.69) is 248 Å². The molecule has 6 heteroatoms. The molecule has 4 heterocycles. The van der Waals surface area contributed by atoms with Gasteiger partial charge in [0.2, 0.25) is 11.6 Å². The zero-order chi connectivity index (χ0) is 44.5. The number of benzene rings is 11. The van der Waals surface area contributed by atoms with E-state index in [-0.39, 0.29) is 0 Å². The Labute approximate surface area is 389 Å². The molecule has 6 nitrogen and oxygen atoms in total. The molecule has 15 rings (SSSR count). The van der Waals surface area contributed by atoms with E-state index in [1.54, 1.807) is 0 Å². The number of imidazole rings is 4. The van der Waals surface area contributed by atoms with Crippen LogP contribution in [0.15, 0.2) is 231 Å². The Kier molecular flexibility index (Phi) is 7.69. The Bertz CT molecular complexity index is 4500. The van der Waals surface area contributed by atoms with Crippen molar-refractivity contribution in [1.29, 1.82) is 0 Å². The predicted molar refractivity (Wildman–Crippen MR) is 281 cm³/mol. The Hall–Kier alpha value is -9.26. The lowest BCUT2D eigenvalue weighted by Gasteiger charge is -2.15. The van der Waals surface area contributed by atoms with Crippen LogP contribution >= 0.6 is 0 Å². The fraction of sp³-hybridized carbons (Fsp3) is 0. The van der Waals surface area contributed by atoms with Gasteiger partial charge in [-0.15, -0.1) is 0 Å².